The zero-order valence-electron chi connectivity index (χ0n) is 6.69. The Morgan fingerprint density at radius 1 is 1.50 bits per heavy atom. The molecular formula is C7H6F3NO3. The standard InChI is InChI=1S/C7H6F3NO3/c8-7(9,10)4-1-2-5(6(12)13)11(14)3-4/h1-3,5,14H,(H,12,13). The predicted octanol–water partition coefficient (Wildman–Crippen LogP) is 1.15. The van der Waals surface area contributed by atoms with Crippen molar-refractivity contribution in [3.05, 3.63) is 23.9 Å². The number of hydrogen-bond acceptors (Lipinski definition) is 3. The molecule has 1 unspecified atom stereocenters. The maximum Gasteiger partial charge on any atom is 0.417 e. The number of halogens is 3. The van der Waals surface area contributed by atoms with Crippen molar-refractivity contribution >= 4 is 5.97 Å². The number of aliphatic carboxylic acids is 1. The van der Waals surface area contributed by atoms with Crippen LogP contribution in [0.25, 0.3) is 0 Å². The second-order valence-electron chi connectivity index (χ2n) is 2.60. The Kier molecular flexibility index (Phi) is 2.52. The van der Waals surface area contributed by atoms with Crippen LogP contribution in [-0.2, 0) is 4.79 Å². The van der Waals surface area contributed by atoms with Crippen molar-refractivity contribution in [2.24, 2.45) is 0 Å². The second-order valence-corrected chi connectivity index (χ2v) is 2.60. The van der Waals surface area contributed by atoms with Crippen LogP contribution >= 0.6 is 0 Å². The maximum absolute atomic E-state index is 12.0. The molecule has 0 amide bonds. The zero-order chi connectivity index (χ0) is 10.9. The smallest absolute Gasteiger partial charge is 0.417 e. The molecule has 1 atom stereocenters. The van der Waals surface area contributed by atoms with Gasteiger partial charge in [0.05, 0.1) is 5.57 Å². The molecule has 7 heteroatoms. The minimum atomic E-state index is -4.60. The number of allylic oxidation sites excluding steroid dienone is 2. The van der Waals surface area contributed by atoms with Crippen molar-refractivity contribution in [3.8, 4) is 0 Å². The van der Waals surface area contributed by atoms with Crippen molar-refractivity contribution in [1.29, 1.82) is 0 Å². The molecule has 1 aliphatic heterocycles. The molecule has 1 aliphatic rings. The number of carboxylic acids is 1. The number of rotatable bonds is 1. The van der Waals surface area contributed by atoms with E-state index in [1.54, 1.807) is 0 Å². The van der Waals surface area contributed by atoms with Crippen LogP contribution in [0, 0.1) is 0 Å². The molecule has 1 heterocycles. The normalized spacial score (nSPS) is 22.1. The molecule has 2 N–H and O–H groups in total. The fourth-order valence-corrected chi connectivity index (χ4v) is 0.912. The Hall–Kier alpha value is -1.50. The molecule has 0 fully saturated rings. The fourth-order valence-electron chi connectivity index (χ4n) is 0.912. The minimum absolute atomic E-state index is 0.00512. The van der Waals surface area contributed by atoms with E-state index in [9.17, 15) is 18.0 Å². The Morgan fingerprint density at radius 2 is 2.07 bits per heavy atom. The highest BCUT2D eigenvalue weighted by molar-refractivity contribution is 5.76. The Balaban J connectivity index is 2.88. The van der Waals surface area contributed by atoms with E-state index in [0.717, 1.165) is 6.08 Å². The van der Waals surface area contributed by atoms with Gasteiger partial charge in [0.2, 0.25) is 0 Å². The Bertz CT molecular complexity index is 308. The van der Waals surface area contributed by atoms with Gasteiger partial charge in [-0.05, 0) is 12.2 Å². The monoisotopic (exact) mass is 209 g/mol. The van der Waals surface area contributed by atoms with Crippen molar-refractivity contribution in [3.63, 3.8) is 0 Å². The van der Waals surface area contributed by atoms with Gasteiger partial charge in [-0.15, -0.1) is 0 Å². The third-order valence-electron chi connectivity index (χ3n) is 1.59. The number of hydrogen-bond donors (Lipinski definition) is 2. The molecule has 1 rings (SSSR count). The number of hydroxylamine groups is 2. The van der Waals surface area contributed by atoms with E-state index in [0.29, 0.717) is 12.3 Å². The Morgan fingerprint density at radius 3 is 2.43 bits per heavy atom. The van der Waals surface area contributed by atoms with Gasteiger partial charge >= 0.3 is 12.1 Å². The number of nitrogens with zero attached hydrogens (tertiary/aromatic N) is 1. The molecule has 78 valence electrons. The second kappa shape index (κ2) is 3.33. The molecular weight excluding hydrogens is 203 g/mol. The van der Waals surface area contributed by atoms with E-state index in [1.165, 1.54) is 0 Å². The third-order valence-corrected chi connectivity index (χ3v) is 1.59. The highest BCUT2D eigenvalue weighted by Crippen LogP contribution is 2.29. The van der Waals surface area contributed by atoms with Crippen molar-refractivity contribution in [1.82, 2.24) is 5.06 Å². The molecule has 0 saturated heterocycles. The van der Waals surface area contributed by atoms with Crippen molar-refractivity contribution < 1.29 is 28.3 Å². The lowest BCUT2D eigenvalue weighted by molar-refractivity contribution is -0.155. The van der Waals surface area contributed by atoms with Crippen LogP contribution in [0.15, 0.2) is 23.9 Å². The Labute approximate surface area is 76.5 Å². The first-order valence-electron chi connectivity index (χ1n) is 3.49. The van der Waals surface area contributed by atoms with Crippen LogP contribution in [0.4, 0.5) is 13.2 Å². The number of carbonyl (C=O) groups is 1. The first kappa shape index (κ1) is 10.6. The van der Waals surface area contributed by atoms with Gasteiger partial charge in [0.1, 0.15) is 0 Å². The zero-order valence-corrected chi connectivity index (χ0v) is 6.69. The van der Waals surface area contributed by atoms with Gasteiger partial charge < -0.3 is 5.11 Å². The lowest BCUT2D eigenvalue weighted by Gasteiger charge is -2.23. The molecule has 0 bridgehead atoms. The quantitative estimate of drug-likeness (QED) is 0.679. The van der Waals surface area contributed by atoms with E-state index < -0.39 is 23.8 Å². The average molecular weight is 209 g/mol. The van der Waals surface area contributed by atoms with Crippen LogP contribution < -0.4 is 0 Å². The predicted molar refractivity (Wildman–Crippen MR) is 38.3 cm³/mol. The summed E-state index contributed by atoms with van der Waals surface area (Å²) in [7, 11) is 0. The summed E-state index contributed by atoms with van der Waals surface area (Å²) in [5, 5.41) is 17.3. The summed E-state index contributed by atoms with van der Waals surface area (Å²) in [5.41, 5.74) is -1.10. The lowest BCUT2D eigenvalue weighted by Crippen LogP contribution is -2.36. The number of carboxylic acid groups (broad SMARTS) is 1. The topological polar surface area (TPSA) is 60.8 Å². The van der Waals surface area contributed by atoms with Gasteiger partial charge in [-0.1, -0.05) is 0 Å². The van der Waals surface area contributed by atoms with E-state index in [-0.39, 0.29) is 5.06 Å². The van der Waals surface area contributed by atoms with E-state index >= 15 is 0 Å². The largest absolute Gasteiger partial charge is 0.479 e. The highest BCUT2D eigenvalue weighted by atomic mass is 19.4. The summed E-state index contributed by atoms with van der Waals surface area (Å²) >= 11 is 0. The summed E-state index contributed by atoms with van der Waals surface area (Å²) in [6.07, 6.45) is -2.89. The molecule has 0 aromatic rings. The van der Waals surface area contributed by atoms with Crippen LogP contribution in [0.1, 0.15) is 0 Å². The van der Waals surface area contributed by atoms with Gasteiger partial charge in [0, 0.05) is 6.20 Å². The maximum atomic E-state index is 12.0. The molecule has 0 spiro atoms. The number of alkyl halides is 3. The summed E-state index contributed by atoms with van der Waals surface area (Å²) < 4.78 is 36.1. The summed E-state index contributed by atoms with van der Waals surface area (Å²) in [6.45, 7) is 0. The van der Waals surface area contributed by atoms with Gasteiger partial charge in [-0.25, -0.2) is 9.86 Å². The molecule has 0 saturated carbocycles. The SMILES string of the molecule is O=C(O)C1C=CC(C(F)(F)F)=CN1O. The van der Waals surface area contributed by atoms with E-state index in [1.807, 2.05) is 0 Å². The highest BCUT2D eigenvalue weighted by Gasteiger charge is 2.36. The molecule has 0 aromatic heterocycles. The van der Waals surface area contributed by atoms with Gasteiger partial charge in [0.15, 0.2) is 6.04 Å². The van der Waals surface area contributed by atoms with Gasteiger partial charge in [0.25, 0.3) is 0 Å². The minimum Gasteiger partial charge on any atom is -0.479 e. The molecule has 0 aliphatic carbocycles. The first-order valence-corrected chi connectivity index (χ1v) is 3.49. The fraction of sp³-hybridized carbons (Fsp3) is 0.286. The summed E-state index contributed by atoms with van der Waals surface area (Å²) in [6, 6.07) is -1.47. The van der Waals surface area contributed by atoms with Crippen LogP contribution in [-0.4, -0.2) is 33.6 Å². The first-order chi connectivity index (χ1) is 6.32. The lowest BCUT2D eigenvalue weighted by atomic mass is 10.1. The average Bonchev–Trinajstić information content (AvgIpc) is 2.01. The van der Waals surface area contributed by atoms with Gasteiger partial charge in [-0.2, -0.15) is 13.2 Å². The van der Waals surface area contributed by atoms with Crippen LogP contribution in [0.5, 0.6) is 0 Å². The third kappa shape index (κ3) is 2.05. The van der Waals surface area contributed by atoms with Crippen molar-refractivity contribution in [2.45, 2.75) is 12.2 Å². The molecule has 14 heavy (non-hydrogen) atoms. The molecule has 0 radical (unpaired) electrons. The van der Waals surface area contributed by atoms with E-state index in [4.69, 9.17) is 10.3 Å². The van der Waals surface area contributed by atoms with Crippen LogP contribution in [0.2, 0.25) is 0 Å². The van der Waals surface area contributed by atoms with Gasteiger partial charge in [-0.3, -0.25) is 5.21 Å². The van der Waals surface area contributed by atoms with E-state index in [2.05, 4.69) is 0 Å². The summed E-state index contributed by atoms with van der Waals surface area (Å²) in [4.78, 5) is 10.4. The summed E-state index contributed by atoms with van der Waals surface area (Å²) in [5.74, 6) is -1.43. The van der Waals surface area contributed by atoms with Crippen LogP contribution in [0.3, 0.4) is 0 Å². The van der Waals surface area contributed by atoms with Crippen molar-refractivity contribution in [2.75, 3.05) is 0 Å². The molecule has 4 nitrogen and oxygen atoms in total. The molecule has 0 aromatic carbocycles.